The molecule has 1 amide bonds. The minimum absolute atomic E-state index is 0.0430. The van der Waals surface area contributed by atoms with Gasteiger partial charge in [-0.05, 0) is 19.4 Å². The van der Waals surface area contributed by atoms with Crippen LogP contribution in [-0.4, -0.2) is 35.7 Å². The maximum absolute atomic E-state index is 12.2. The fraction of sp³-hybridized carbons (Fsp3) is 0.471. The van der Waals surface area contributed by atoms with Crippen LogP contribution < -0.4 is 0 Å². The summed E-state index contributed by atoms with van der Waals surface area (Å²) >= 11 is 0. The van der Waals surface area contributed by atoms with E-state index in [2.05, 4.69) is 0 Å². The largest absolute Gasteiger partial charge is 0.466 e. The highest BCUT2D eigenvalue weighted by molar-refractivity contribution is 5.99. The summed E-state index contributed by atoms with van der Waals surface area (Å²) in [6.07, 6.45) is -0.0746. The smallest absolute Gasteiger partial charge is 0.313 e. The molecule has 1 aromatic rings. The van der Waals surface area contributed by atoms with Gasteiger partial charge in [-0.3, -0.25) is 14.4 Å². The molecular formula is C17H21NO4. The second-order valence-electron chi connectivity index (χ2n) is 5.48. The zero-order chi connectivity index (χ0) is 16.1. The monoisotopic (exact) mass is 303 g/mol. The Hall–Kier alpha value is -2.17. The Bertz CT molecular complexity index is 555. The number of nitrogens with zero attached hydrogens (tertiary/aromatic N) is 1. The summed E-state index contributed by atoms with van der Waals surface area (Å²) in [4.78, 5) is 37.4. The van der Waals surface area contributed by atoms with Crippen LogP contribution in [-0.2, 0) is 19.1 Å². The first-order valence-corrected chi connectivity index (χ1v) is 7.55. The van der Waals surface area contributed by atoms with E-state index in [-0.39, 0.29) is 37.2 Å². The van der Waals surface area contributed by atoms with Gasteiger partial charge < -0.3 is 9.64 Å². The van der Waals surface area contributed by atoms with Crippen LogP contribution in [0.2, 0.25) is 0 Å². The second-order valence-corrected chi connectivity index (χ2v) is 5.48. The number of rotatable bonds is 6. The van der Waals surface area contributed by atoms with Gasteiger partial charge in [0.1, 0.15) is 12.2 Å². The molecule has 2 atom stereocenters. The molecule has 1 aromatic carbocycles. The number of carbonyl (C=O) groups excluding carboxylic acids is 3. The number of benzene rings is 1. The van der Waals surface area contributed by atoms with Crippen molar-refractivity contribution in [3.8, 4) is 0 Å². The predicted molar refractivity (Wildman–Crippen MR) is 80.9 cm³/mol. The Morgan fingerprint density at radius 2 is 2.00 bits per heavy atom. The highest BCUT2D eigenvalue weighted by Crippen LogP contribution is 2.29. The Kier molecular flexibility index (Phi) is 5.31. The topological polar surface area (TPSA) is 63.7 Å². The Morgan fingerprint density at radius 1 is 1.32 bits per heavy atom. The van der Waals surface area contributed by atoms with E-state index in [1.54, 1.807) is 11.8 Å². The normalized spacial score (nSPS) is 19.1. The van der Waals surface area contributed by atoms with E-state index in [1.807, 2.05) is 37.3 Å². The lowest BCUT2D eigenvalue weighted by atomic mass is 10.0. The van der Waals surface area contributed by atoms with E-state index in [1.165, 1.54) is 0 Å². The van der Waals surface area contributed by atoms with Gasteiger partial charge in [0.05, 0.1) is 12.6 Å². The van der Waals surface area contributed by atoms with Crippen molar-refractivity contribution >= 4 is 17.7 Å². The van der Waals surface area contributed by atoms with Gasteiger partial charge in [-0.2, -0.15) is 0 Å². The molecule has 1 aliphatic heterocycles. The average Bonchev–Trinajstić information content (AvgIpc) is 2.89. The first-order valence-electron chi connectivity index (χ1n) is 7.55. The highest BCUT2D eigenvalue weighted by atomic mass is 16.5. The van der Waals surface area contributed by atoms with Gasteiger partial charge in [-0.25, -0.2) is 0 Å². The number of likely N-dealkylation sites (tertiary alicyclic amines) is 1. The van der Waals surface area contributed by atoms with E-state index in [0.29, 0.717) is 6.54 Å². The van der Waals surface area contributed by atoms with Crippen molar-refractivity contribution in [1.82, 2.24) is 4.90 Å². The molecule has 118 valence electrons. The molecule has 0 aliphatic carbocycles. The second kappa shape index (κ2) is 7.20. The number of esters is 1. The molecule has 0 spiro atoms. The average molecular weight is 303 g/mol. The van der Waals surface area contributed by atoms with E-state index in [9.17, 15) is 14.4 Å². The maximum atomic E-state index is 12.2. The minimum Gasteiger partial charge on any atom is -0.466 e. The number of Topliss-reactive ketones (excluding diaryl/α,β-unsaturated/α-hetero) is 1. The lowest BCUT2D eigenvalue weighted by Gasteiger charge is -2.25. The molecule has 1 saturated heterocycles. The van der Waals surface area contributed by atoms with Crippen molar-refractivity contribution in [3.63, 3.8) is 0 Å². The molecule has 1 fully saturated rings. The lowest BCUT2D eigenvalue weighted by molar-refractivity contribution is -0.146. The molecule has 1 heterocycles. The van der Waals surface area contributed by atoms with Crippen molar-refractivity contribution in [3.05, 3.63) is 35.9 Å². The standard InChI is InChI=1S/C17H21NO4/c1-3-22-17(21)10-15(19)14-9-16(20)18(11-14)12(2)13-7-5-4-6-8-13/h4-8,12,14H,3,9-11H2,1-2H3/t12-,14-/m0/s1. The highest BCUT2D eigenvalue weighted by Gasteiger charge is 2.37. The molecule has 22 heavy (non-hydrogen) atoms. The molecule has 0 saturated carbocycles. The third-order valence-corrected chi connectivity index (χ3v) is 3.99. The van der Waals surface area contributed by atoms with Crippen molar-refractivity contribution in [2.45, 2.75) is 32.7 Å². The number of ketones is 1. The van der Waals surface area contributed by atoms with E-state index in [4.69, 9.17) is 4.74 Å². The summed E-state index contributed by atoms with van der Waals surface area (Å²) in [6, 6.07) is 9.63. The number of ether oxygens (including phenoxy) is 1. The SMILES string of the molecule is CCOC(=O)CC(=O)[C@H]1CC(=O)N([C@@H](C)c2ccccc2)C1. The predicted octanol–water partition coefficient (Wildman–Crippen LogP) is 2.12. The van der Waals surface area contributed by atoms with Crippen molar-refractivity contribution in [1.29, 1.82) is 0 Å². The number of hydrogen-bond acceptors (Lipinski definition) is 4. The molecule has 0 unspecified atom stereocenters. The van der Waals surface area contributed by atoms with Gasteiger partial charge in [0.15, 0.2) is 0 Å². The van der Waals surface area contributed by atoms with Crippen LogP contribution in [0, 0.1) is 5.92 Å². The molecule has 0 radical (unpaired) electrons. The van der Waals surface area contributed by atoms with Crippen LogP contribution in [0.1, 0.15) is 38.3 Å². The summed E-state index contributed by atoms with van der Waals surface area (Å²) in [5.74, 6) is -1.19. The molecule has 0 bridgehead atoms. The molecule has 5 nitrogen and oxygen atoms in total. The number of amides is 1. The summed E-state index contributed by atoms with van der Waals surface area (Å²) in [5, 5.41) is 0. The molecule has 0 N–H and O–H groups in total. The Morgan fingerprint density at radius 3 is 2.64 bits per heavy atom. The Balaban J connectivity index is 1.98. The summed E-state index contributed by atoms with van der Waals surface area (Å²) in [6.45, 7) is 4.27. The Labute approximate surface area is 130 Å². The molecule has 0 aromatic heterocycles. The third-order valence-electron chi connectivity index (χ3n) is 3.99. The van der Waals surface area contributed by atoms with Crippen LogP contribution in [0.25, 0.3) is 0 Å². The van der Waals surface area contributed by atoms with E-state index >= 15 is 0 Å². The van der Waals surface area contributed by atoms with Crippen molar-refractivity contribution in [2.24, 2.45) is 5.92 Å². The van der Waals surface area contributed by atoms with Crippen LogP contribution in [0.4, 0.5) is 0 Å². The van der Waals surface area contributed by atoms with Crippen molar-refractivity contribution in [2.75, 3.05) is 13.2 Å². The number of hydrogen-bond donors (Lipinski definition) is 0. The van der Waals surface area contributed by atoms with Gasteiger partial charge in [0.25, 0.3) is 0 Å². The van der Waals surface area contributed by atoms with Gasteiger partial charge in [-0.1, -0.05) is 30.3 Å². The summed E-state index contributed by atoms with van der Waals surface area (Å²) in [7, 11) is 0. The third kappa shape index (κ3) is 3.72. The summed E-state index contributed by atoms with van der Waals surface area (Å²) in [5.41, 5.74) is 1.04. The van der Waals surface area contributed by atoms with Gasteiger partial charge >= 0.3 is 5.97 Å². The van der Waals surface area contributed by atoms with Crippen LogP contribution in [0.5, 0.6) is 0 Å². The lowest BCUT2D eigenvalue weighted by Crippen LogP contribution is -2.29. The minimum atomic E-state index is -0.519. The quantitative estimate of drug-likeness (QED) is 0.596. The number of carbonyl (C=O) groups is 3. The molecule has 5 heteroatoms. The van der Waals surface area contributed by atoms with Gasteiger partial charge in [0, 0.05) is 18.9 Å². The molecule has 1 aliphatic rings. The fourth-order valence-corrected chi connectivity index (χ4v) is 2.73. The zero-order valence-corrected chi connectivity index (χ0v) is 13.0. The van der Waals surface area contributed by atoms with E-state index in [0.717, 1.165) is 5.56 Å². The van der Waals surface area contributed by atoms with Crippen molar-refractivity contribution < 1.29 is 19.1 Å². The summed E-state index contributed by atoms with van der Waals surface area (Å²) < 4.78 is 4.78. The van der Waals surface area contributed by atoms with Crippen LogP contribution in [0.3, 0.4) is 0 Å². The maximum Gasteiger partial charge on any atom is 0.313 e. The van der Waals surface area contributed by atoms with Crippen LogP contribution in [0.15, 0.2) is 30.3 Å². The van der Waals surface area contributed by atoms with Crippen LogP contribution >= 0.6 is 0 Å². The van der Waals surface area contributed by atoms with Gasteiger partial charge in [-0.15, -0.1) is 0 Å². The zero-order valence-electron chi connectivity index (χ0n) is 13.0. The first-order chi connectivity index (χ1) is 10.5. The molecular weight excluding hydrogens is 282 g/mol. The molecule has 2 rings (SSSR count). The van der Waals surface area contributed by atoms with E-state index < -0.39 is 11.9 Å². The van der Waals surface area contributed by atoms with Gasteiger partial charge in [0.2, 0.25) is 5.91 Å². The fourth-order valence-electron chi connectivity index (χ4n) is 2.73. The first kappa shape index (κ1) is 16.2.